The van der Waals surface area contributed by atoms with E-state index in [4.69, 9.17) is 5.73 Å². The van der Waals surface area contributed by atoms with Crippen LogP contribution in [0.1, 0.15) is 35.6 Å². The van der Waals surface area contributed by atoms with E-state index in [0.29, 0.717) is 6.04 Å². The van der Waals surface area contributed by atoms with E-state index in [0.717, 1.165) is 19.5 Å². The molecule has 0 saturated carbocycles. The van der Waals surface area contributed by atoms with Crippen molar-refractivity contribution < 1.29 is 0 Å². The summed E-state index contributed by atoms with van der Waals surface area (Å²) in [7, 11) is 0. The second-order valence-electron chi connectivity index (χ2n) is 4.74. The van der Waals surface area contributed by atoms with E-state index in [1.165, 1.54) is 22.3 Å². The Morgan fingerprint density at radius 2 is 1.75 bits per heavy atom. The molecule has 0 aliphatic carbocycles. The number of hydrogen-bond acceptors (Lipinski definition) is 2. The number of rotatable bonds is 5. The van der Waals surface area contributed by atoms with Gasteiger partial charge in [-0.25, -0.2) is 0 Å². The lowest BCUT2D eigenvalue weighted by Crippen LogP contribution is -2.28. The van der Waals surface area contributed by atoms with E-state index in [9.17, 15) is 0 Å². The summed E-state index contributed by atoms with van der Waals surface area (Å²) in [6.45, 7) is 10.4. The van der Waals surface area contributed by atoms with Gasteiger partial charge < -0.3 is 11.1 Å². The first-order valence-electron chi connectivity index (χ1n) is 6.04. The molecule has 0 radical (unpaired) electrons. The van der Waals surface area contributed by atoms with Crippen LogP contribution >= 0.6 is 0 Å². The number of benzene rings is 1. The summed E-state index contributed by atoms with van der Waals surface area (Å²) in [6, 6.07) is 4.99. The molecule has 3 N–H and O–H groups in total. The maximum atomic E-state index is 5.54. The summed E-state index contributed by atoms with van der Waals surface area (Å²) >= 11 is 0. The van der Waals surface area contributed by atoms with Gasteiger partial charge in [-0.3, -0.25) is 0 Å². The van der Waals surface area contributed by atoms with Gasteiger partial charge in [0.25, 0.3) is 0 Å². The van der Waals surface area contributed by atoms with E-state index >= 15 is 0 Å². The topological polar surface area (TPSA) is 38.0 Å². The molecule has 1 atom stereocenters. The zero-order chi connectivity index (χ0) is 12.1. The highest BCUT2D eigenvalue weighted by Gasteiger charge is 2.05. The van der Waals surface area contributed by atoms with Crippen LogP contribution in [0.3, 0.4) is 0 Å². The third kappa shape index (κ3) is 3.62. The van der Waals surface area contributed by atoms with Crippen LogP contribution < -0.4 is 11.1 Å². The first kappa shape index (κ1) is 13.2. The predicted molar refractivity (Wildman–Crippen MR) is 70.6 cm³/mol. The van der Waals surface area contributed by atoms with Gasteiger partial charge in [-0.2, -0.15) is 0 Å². The normalized spacial score (nSPS) is 12.8. The quantitative estimate of drug-likeness (QED) is 0.800. The van der Waals surface area contributed by atoms with Crippen LogP contribution in [-0.4, -0.2) is 12.6 Å². The molecule has 0 amide bonds. The van der Waals surface area contributed by atoms with Crippen LogP contribution in [0.2, 0.25) is 0 Å². The van der Waals surface area contributed by atoms with Gasteiger partial charge in [0.15, 0.2) is 0 Å². The Morgan fingerprint density at radius 3 is 2.25 bits per heavy atom. The maximum Gasteiger partial charge on any atom is 0.0213 e. The lowest BCUT2D eigenvalue weighted by Gasteiger charge is -2.16. The van der Waals surface area contributed by atoms with Gasteiger partial charge in [-0.05, 0) is 57.4 Å². The number of nitrogens with one attached hydrogen (secondary N) is 1. The largest absolute Gasteiger partial charge is 0.330 e. The lowest BCUT2D eigenvalue weighted by molar-refractivity contribution is 0.518. The molecule has 1 aromatic carbocycles. The standard InChI is InChI=1S/C14H24N2/c1-10-7-11(2)14(12(3)8-10)9-16-13(4)5-6-15/h7-8,13,16H,5-6,9,15H2,1-4H3. The molecule has 0 aromatic heterocycles. The Bertz CT molecular complexity index is 322. The summed E-state index contributed by atoms with van der Waals surface area (Å²) in [5.74, 6) is 0. The van der Waals surface area contributed by atoms with E-state index in [1.807, 2.05) is 0 Å². The SMILES string of the molecule is Cc1cc(C)c(CNC(C)CCN)c(C)c1. The lowest BCUT2D eigenvalue weighted by atomic mass is 9.99. The fourth-order valence-corrected chi connectivity index (χ4v) is 2.12. The predicted octanol–water partition coefficient (Wildman–Crippen LogP) is 2.44. The van der Waals surface area contributed by atoms with E-state index in [-0.39, 0.29) is 0 Å². The molecule has 1 unspecified atom stereocenters. The van der Waals surface area contributed by atoms with Gasteiger partial charge in [0.1, 0.15) is 0 Å². The molecule has 1 rings (SSSR count). The average molecular weight is 220 g/mol. The summed E-state index contributed by atoms with van der Waals surface area (Å²) in [4.78, 5) is 0. The summed E-state index contributed by atoms with van der Waals surface area (Å²) < 4.78 is 0. The summed E-state index contributed by atoms with van der Waals surface area (Å²) in [5, 5.41) is 3.52. The third-order valence-corrected chi connectivity index (χ3v) is 3.07. The van der Waals surface area contributed by atoms with Crippen LogP contribution in [0, 0.1) is 20.8 Å². The molecule has 1 aromatic rings. The minimum absolute atomic E-state index is 0.491. The molecule has 0 bridgehead atoms. The van der Waals surface area contributed by atoms with E-state index < -0.39 is 0 Å². The highest BCUT2D eigenvalue weighted by molar-refractivity contribution is 5.37. The molecule has 0 heterocycles. The van der Waals surface area contributed by atoms with Crippen molar-refractivity contribution in [1.82, 2.24) is 5.32 Å². The molecule has 2 heteroatoms. The molecule has 0 fully saturated rings. The van der Waals surface area contributed by atoms with E-state index in [2.05, 4.69) is 45.1 Å². The Labute approximate surface area is 99.2 Å². The van der Waals surface area contributed by atoms with Gasteiger partial charge in [0.2, 0.25) is 0 Å². The van der Waals surface area contributed by atoms with Crippen LogP contribution in [0.25, 0.3) is 0 Å². The molecule has 0 spiro atoms. The molecule has 16 heavy (non-hydrogen) atoms. The Kier molecular flexibility index (Phi) is 4.97. The highest BCUT2D eigenvalue weighted by Crippen LogP contribution is 2.16. The molecule has 0 aliphatic rings. The smallest absolute Gasteiger partial charge is 0.0213 e. The fraction of sp³-hybridized carbons (Fsp3) is 0.571. The number of hydrogen-bond donors (Lipinski definition) is 2. The minimum Gasteiger partial charge on any atom is -0.330 e. The average Bonchev–Trinajstić information content (AvgIpc) is 2.16. The maximum absolute atomic E-state index is 5.54. The molecule has 0 saturated heterocycles. The second kappa shape index (κ2) is 6.02. The van der Waals surface area contributed by atoms with Crippen molar-refractivity contribution in [3.8, 4) is 0 Å². The van der Waals surface area contributed by atoms with Gasteiger partial charge >= 0.3 is 0 Å². The van der Waals surface area contributed by atoms with Crippen molar-refractivity contribution in [2.45, 2.75) is 46.7 Å². The zero-order valence-electron chi connectivity index (χ0n) is 10.9. The van der Waals surface area contributed by atoms with Crippen LogP contribution in [0.5, 0.6) is 0 Å². The van der Waals surface area contributed by atoms with Gasteiger partial charge in [-0.1, -0.05) is 17.7 Å². The second-order valence-corrected chi connectivity index (χ2v) is 4.74. The van der Waals surface area contributed by atoms with Crippen molar-refractivity contribution in [3.63, 3.8) is 0 Å². The van der Waals surface area contributed by atoms with Gasteiger partial charge in [0.05, 0.1) is 0 Å². The number of aryl methyl sites for hydroxylation is 3. The van der Waals surface area contributed by atoms with Gasteiger partial charge in [-0.15, -0.1) is 0 Å². The molecule has 0 aliphatic heterocycles. The van der Waals surface area contributed by atoms with Crippen LogP contribution in [0.4, 0.5) is 0 Å². The van der Waals surface area contributed by atoms with Crippen molar-refractivity contribution in [2.24, 2.45) is 5.73 Å². The van der Waals surface area contributed by atoms with Crippen molar-refractivity contribution in [1.29, 1.82) is 0 Å². The molecule has 90 valence electrons. The van der Waals surface area contributed by atoms with Crippen LogP contribution in [0.15, 0.2) is 12.1 Å². The summed E-state index contributed by atoms with van der Waals surface area (Å²) in [5.41, 5.74) is 11.1. The van der Waals surface area contributed by atoms with Crippen LogP contribution in [-0.2, 0) is 6.54 Å². The van der Waals surface area contributed by atoms with Crippen molar-refractivity contribution in [2.75, 3.05) is 6.54 Å². The highest BCUT2D eigenvalue weighted by atomic mass is 14.9. The fourth-order valence-electron chi connectivity index (χ4n) is 2.12. The Morgan fingerprint density at radius 1 is 1.19 bits per heavy atom. The zero-order valence-corrected chi connectivity index (χ0v) is 10.9. The first-order valence-corrected chi connectivity index (χ1v) is 6.04. The Balaban J connectivity index is 2.67. The van der Waals surface area contributed by atoms with Crippen molar-refractivity contribution >= 4 is 0 Å². The monoisotopic (exact) mass is 220 g/mol. The van der Waals surface area contributed by atoms with Crippen molar-refractivity contribution in [3.05, 3.63) is 34.4 Å². The Hall–Kier alpha value is -0.860. The molecular formula is C14H24N2. The summed E-state index contributed by atoms with van der Waals surface area (Å²) in [6.07, 6.45) is 1.03. The molecular weight excluding hydrogens is 196 g/mol. The van der Waals surface area contributed by atoms with E-state index in [1.54, 1.807) is 0 Å². The number of nitrogens with two attached hydrogens (primary N) is 1. The molecule has 2 nitrogen and oxygen atoms in total. The minimum atomic E-state index is 0.491. The van der Waals surface area contributed by atoms with Gasteiger partial charge in [0, 0.05) is 12.6 Å². The third-order valence-electron chi connectivity index (χ3n) is 3.07. The first-order chi connectivity index (χ1) is 7.54.